The molecule has 0 rings (SSSR count). The molecule has 0 saturated heterocycles. The van der Waals surface area contributed by atoms with Crippen molar-refractivity contribution in [3.63, 3.8) is 0 Å². The van der Waals surface area contributed by atoms with Crippen molar-refractivity contribution >= 4 is 28.6 Å². The molecule has 24 heavy (non-hydrogen) atoms. The zero-order valence-electron chi connectivity index (χ0n) is 16.7. The second-order valence-corrected chi connectivity index (χ2v) is 17.7. The van der Waals surface area contributed by atoms with Gasteiger partial charge in [0.2, 0.25) is 27.8 Å². The SMILES string of the molecule is CC(C)C(O)(C(=O)O[Si](C)(C)C)C(O)(C(=O)O[Si](C)(C)C)C(C)C. The zero-order valence-corrected chi connectivity index (χ0v) is 18.7. The van der Waals surface area contributed by atoms with Gasteiger partial charge in [-0.05, 0) is 51.1 Å². The first-order valence-electron chi connectivity index (χ1n) is 8.31. The second kappa shape index (κ2) is 7.27. The largest absolute Gasteiger partial charge is 0.518 e. The van der Waals surface area contributed by atoms with Crippen LogP contribution < -0.4 is 0 Å². The van der Waals surface area contributed by atoms with E-state index in [2.05, 4.69) is 0 Å². The van der Waals surface area contributed by atoms with Crippen molar-refractivity contribution in [2.24, 2.45) is 11.8 Å². The van der Waals surface area contributed by atoms with Crippen molar-refractivity contribution in [3.8, 4) is 0 Å². The van der Waals surface area contributed by atoms with Gasteiger partial charge in [-0.25, -0.2) is 0 Å². The van der Waals surface area contributed by atoms with Gasteiger partial charge in [-0.1, -0.05) is 27.7 Å². The highest BCUT2D eigenvalue weighted by Crippen LogP contribution is 2.39. The lowest BCUT2D eigenvalue weighted by atomic mass is 9.69. The van der Waals surface area contributed by atoms with E-state index in [1.54, 1.807) is 67.0 Å². The lowest BCUT2D eigenvalue weighted by Crippen LogP contribution is -2.71. The van der Waals surface area contributed by atoms with E-state index in [1.807, 2.05) is 0 Å². The first kappa shape index (κ1) is 23.3. The summed E-state index contributed by atoms with van der Waals surface area (Å²) in [4.78, 5) is 25.5. The molecule has 2 unspecified atom stereocenters. The van der Waals surface area contributed by atoms with Crippen LogP contribution in [-0.2, 0) is 18.4 Å². The molecule has 0 bridgehead atoms. The van der Waals surface area contributed by atoms with E-state index in [4.69, 9.17) is 8.85 Å². The average Bonchev–Trinajstić information content (AvgIpc) is 2.31. The fourth-order valence-corrected chi connectivity index (χ4v) is 3.80. The van der Waals surface area contributed by atoms with Crippen molar-refractivity contribution < 1.29 is 28.7 Å². The van der Waals surface area contributed by atoms with Crippen molar-refractivity contribution in [1.82, 2.24) is 0 Å². The van der Waals surface area contributed by atoms with Crippen LogP contribution in [0.3, 0.4) is 0 Å². The van der Waals surface area contributed by atoms with Gasteiger partial charge >= 0.3 is 11.9 Å². The van der Waals surface area contributed by atoms with E-state index in [0.717, 1.165) is 0 Å². The Kier molecular flexibility index (Phi) is 7.05. The quantitative estimate of drug-likeness (QED) is 0.661. The molecule has 0 heterocycles. The lowest BCUT2D eigenvalue weighted by Gasteiger charge is -2.46. The number of hydrogen-bond acceptors (Lipinski definition) is 6. The third-order valence-corrected chi connectivity index (χ3v) is 5.27. The Balaban J connectivity index is 6.19. The molecule has 2 N–H and O–H groups in total. The molecule has 2 atom stereocenters. The summed E-state index contributed by atoms with van der Waals surface area (Å²) in [6.07, 6.45) is 0. The van der Waals surface area contributed by atoms with Crippen LogP contribution in [-0.4, -0.2) is 50.0 Å². The van der Waals surface area contributed by atoms with Crippen LogP contribution in [0.1, 0.15) is 27.7 Å². The average molecular weight is 379 g/mol. The van der Waals surface area contributed by atoms with Crippen molar-refractivity contribution in [1.29, 1.82) is 0 Å². The van der Waals surface area contributed by atoms with Gasteiger partial charge in [0.1, 0.15) is 0 Å². The molecular formula is C16H34O6Si2. The molecule has 0 spiro atoms. The maximum atomic E-state index is 12.7. The van der Waals surface area contributed by atoms with E-state index < -0.39 is 51.6 Å². The molecule has 0 saturated carbocycles. The zero-order chi connectivity index (χ0) is 19.7. The summed E-state index contributed by atoms with van der Waals surface area (Å²) in [5.41, 5.74) is -4.78. The fourth-order valence-electron chi connectivity index (χ4n) is 2.37. The summed E-state index contributed by atoms with van der Waals surface area (Å²) < 4.78 is 10.9. The number of carbonyl (C=O) groups excluding carboxylic acids is 2. The Labute approximate surface area is 147 Å². The summed E-state index contributed by atoms with van der Waals surface area (Å²) in [6.45, 7) is 17.0. The molecular weight excluding hydrogens is 344 g/mol. The van der Waals surface area contributed by atoms with E-state index in [-0.39, 0.29) is 0 Å². The first-order valence-corrected chi connectivity index (χ1v) is 15.1. The highest BCUT2D eigenvalue weighted by atomic mass is 28.4. The normalized spacial score (nSPS) is 18.1. The number of hydrogen-bond donors (Lipinski definition) is 2. The third kappa shape index (κ3) is 4.90. The Morgan fingerprint density at radius 1 is 0.708 bits per heavy atom. The van der Waals surface area contributed by atoms with Crippen molar-refractivity contribution in [2.45, 2.75) is 78.2 Å². The maximum Gasteiger partial charge on any atom is 0.328 e. The number of aliphatic hydroxyl groups is 2. The molecule has 6 nitrogen and oxygen atoms in total. The van der Waals surface area contributed by atoms with E-state index in [9.17, 15) is 19.8 Å². The van der Waals surface area contributed by atoms with Crippen LogP contribution in [0.25, 0.3) is 0 Å². The number of rotatable bonds is 7. The molecule has 0 aliphatic carbocycles. The van der Waals surface area contributed by atoms with Gasteiger partial charge < -0.3 is 19.1 Å². The predicted octanol–water partition coefficient (Wildman–Crippen LogP) is 2.52. The van der Waals surface area contributed by atoms with Crippen LogP contribution in [0.2, 0.25) is 39.3 Å². The maximum absolute atomic E-state index is 12.7. The summed E-state index contributed by atoms with van der Waals surface area (Å²) in [5, 5.41) is 22.4. The Morgan fingerprint density at radius 3 is 1.04 bits per heavy atom. The minimum Gasteiger partial charge on any atom is -0.518 e. The van der Waals surface area contributed by atoms with E-state index in [0.29, 0.717) is 0 Å². The van der Waals surface area contributed by atoms with Gasteiger partial charge in [-0.2, -0.15) is 0 Å². The van der Waals surface area contributed by atoms with Gasteiger partial charge in [0.05, 0.1) is 0 Å². The Bertz CT molecular complexity index is 434. The minimum atomic E-state index is -2.39. The summed E-state index contributed by atoms with van der Waals surface area (Å²) in [6, 6.07) is 0. The van der Waals surface area contributed by atoms with Crippen molar-refractivity contribution in [2.75, 3.05) is 0 Å². The van der Waals surface area contributed by atoms with Gasteiger partial charge in [-0.3, -0.25) is 9.59 Å². The monoisotopic (exact) mass is 378 g/mol. The van der Waals surface area contributed by atoms with Gasteiger partial charge in [0.15, 0.2) is 0 Å². The molecule has 0 aliphatic rings. The van der Waals surface area contributed by atoms with Crippen LogP contribution in [0.5, 0.6) is 0 Å². The predicted molar refractivity (Wildman–Crippen MR) is 98.5 cm³/mol. The highest BCUT2D eigenvalue weighted by Gasteiger charge is 2.65. The molecule has 0 radical (unpaired) electrons. The molecule has 0 aromatic carbocycles. The van der Waals surface area contributed by atoms with E-state index in [1.165, 1.54) is 0 Å². The molecule has 0 aromatic heterocycles. The molecule has 142 valence electrons. The molecule has 0 fully saturated rings. The van der Waals surface area contributed by atoms with Crippen LogP contribution in [0.15, 0.2) is 0 Å². The summed E-state index contributed by atoms with van der Waals surface area (Å²) in [7, 11) is -4.67. The third-order valence-electron chi connectivity index (χ3n) is 3.67. The minimum absolute atomic E-state index is 0.747. The molecule has 0 aliphatic heterocycles. The van der Waals surface area contributed by atoms with Crippen LogP contribution in [0, 0.1) is 11.8 Å². The molecule has 0 aromatic rings. The lowest BCUT2D eigenvalue weighted by molar-refractivity contribution is -0.223. The standard InChI is InChI=1S/C16H34O6Si2/c1-11(2)15(19,13(17)21-23(5,6)7)16(20,12(3)4)14(18)22-24(8,9)10/h11-12,19-20H,1-10H3. The molecule has 8 heteroatoms. The van der Waals surface area contributed by atoms with Gasteiger partial charge in [-0.15, -0.1) is 0 Å². The smallest absolute Gasteiger partial charge is 0.328 e. The van der Waals surface area contributed by atoms with Gasteiger partial charge in [0.25, 0.3) is 0 Å². The first-order chi connectivity index (χ1) is 10.4. The van der Waals surface area contributed by atoms with Crippen LogP contribution in [0.4, 0.5) is 0 Å². The Hall–Kier alpha value is -0.706. The van der Waals surface area contributed by atoms with Gasteiger partial charge in [0, 0.05) is 0 Å². The Morgan fingerprint density at radius 2 is 0.917 bits per heavy atom. The second-order valence-electron chi connectivity index (χ2n) is 8.85. The van der Waals surface area contributed by atoms with Crippen LogP contribution >= 0.6 is 0 Å². The van der Waals surface area contributed by atoms with Crippen molar-refractivity contribution in [3.05, 3.63) is 0 Å². The molecule has 0 amide bonds. The highest BCUT2D eigenvalue weighted by molar-refractivity contribution is 6.71. The summed E-state index contributed by atoms with van der Waals surface area (Å²) in [5.74, 6) is -3.44. The fraction of sp³-hybridized carbons (Fsp3) is 0.875. The summed E-state index contributed by atoms with van der Waals surface area (Å²) >= 11 is 0. The van der Waals surface area contributed by atoms with E-state index >= 15 is 0 Å². The topological polar surface area (TPSA) is 93.1 Å². The number of carbonyl (C=O) groups is 2.